The quantitative estimate of drug-likeness (QED) is 0.800. The normalized spacial score (nSPS) is 17.1. The van der Waals surface area contributed by atoms with Crippen LogP contribution in [0.25, 0.3) is 0 Å². The Morgan fingerprint density at radius 2 is 1.86 bits per heavy atom. The van der Waals surface area contributed by atoms with Crippen molar-refractivity contribution in [1.29, 1.82) is 0 Å². The van der Waals surface area contributed by atoms with E-state index in [2.05, 4.69) is 10.6 Å². The molecule has 1 aliphatic carbocycles. The average Bonchev–Trinajstić information content (AvgIpc) is 2.43. The summed E-state index contributed by atoms with van der Waals surface area (Å²) in [5, 5.41) is 5.09. The number of hydrogen-bond donors (Lipinski definition) is 3. The van der Waals surface area contributed by atoms with Gasteiger partial charge >= 0.3 is 0 Å². The minimum atomic E-state index is -0.860. The number of hydrogen-bond acceptors (Lipinski definition) is 3. The second kappa shape index (κ2) is 6.22. The average molecular weight is 293 g/mol. The zero-order valence-electron chi connectivity index (χ0n) is 12.0. The van der Waals surface area contributed by atoms with E-state index < -0.39 is 11.4 Å². The third-order valence-corrected chi connectivity index (χ3v) is 3.73. The first-order valence-electron chi connectivity index (χ1n) is 7.08. The first-order chi connectivity index (χ1) is 9.90. The Bertz CT molecular complexity index is 554. The molecule has 0 saturated heterocycles. The van der Waals surface area contributed by atoms with Gasteiger partial charge in [-0.2, -0.15) is 0 Å². The lowest BCUT2D eigenvalue weighted by molar-refractivity contribution is -0.122. The molecule has 6 heteroatoms. The highest BCUT2D eigenvalue weighted by atomic mass is 19.1. The number of nitrogens with two attached hydrogens (primary N) is 1. The number of halogens is 1. The van der Waals surface area contributed by atoms with Gasteiger partial charge in [0.2, 0.25) is 11.8 Å². The molecule has 1 aliphatic rings. The van der Waals surface area contributed by atoms with Gasteiger partial charge in [0.25, 0.3) is 0 Å². The molecular formula is C15H20FN3O2. The second-order valence-electron chi connectivity index (χ2n) is 5.55. The van der Waals surface area contributed by atoms with Crippen molar-refractivity contribution in [1.82, 2.24) is 0 Å². The van der Waals surface area contributed by atoms with Crippen molar-refractivity contribution in [2.24, 2.45) is 5.73 Å². The predicted octanol–water partition coefficient (Wildman–Crippen LogP) is 2.38. The lowest BCUT2D eigenvalue weighted by atomic mass is 9.82. The molecule has 1 saturated carbocycles. The lowest BCUT2D eigenvalue weighted by Crippen LogP contribution is -2.52. The zero-order chi connectivity index (χ0) is 15.5. The Morgan fingerprint density at radius 1 is 1.19 bits per heavy atom. The van der Waals surface area contributed by atoms with Crippen molar-refractivity contribution in [2.75, 3.05) is 10.6 Å². The first kappa shape index (κ1) is 15.4. The molecule has 0 unspecified atom stereocenters. The van der Waals surface area contributed by atoms with E-state index in [0.29, 0.717) is 18.5 Å². The highest BCUT2D eigenvalue weighted by molar-refractivity contribution is 5.99. The van der Waals surface area contributed by atoms with Crippen molar-refractivity contribution >= 4 is 23.2 Å². The van der Waals surface area contributed by atoms with Gasteiger partial charge in [-0.3, -0.25) is 9.59 Å². The Kier molecular flexibility index (Phi) is 4.57. The van der Waals surface area contributed by atoms with Gasteiger partial charge in [-0.25, -0.2) is 4.39 Å². The van der Waals surface area contributed by atoms with Crippen molar-refractivity contribution < 1.29 is 14.0 Å². The third-order valence-electron chi connectivity index (χ3n) is 3.73. The maximum Gasteiger partial charge on any atom is 0.244 e. The molecule has 1 fully saturated rings. The van der Waals surface area contributed by atoms with Crippen LogP contribution >= 0.6 is 0 Å². The molecule has 0 aliphatic heterocycles. The van der Waals surface area contributed by atoms with E-state index in [9.17, 15) is 14.0 Å². The van der Waals surface area contributed by atoms with Gasteiger partial charge in [0.15, 0.2) is 0 Å². The summed E-state index contributed by atoms with van der Waals surface area (Å²) in [6, 6.07) is 4.04. The minimum absolute atomic E-state index is 0.0371. The summed E-state index contributed by atoms with van der Waals surface area (Å²) in [6.45, 7) is 1.29. The maximum atomic E-state index is 13.5. The van der Waals surface area contributed by atoms with Crippen LogP contribution < -0.4 is 16.4 Å². The van der Waals surface area contributed by atoms with Gasteiger partial charge in [0, 0.05) is 12.6 Å². The summed E-state index contributed by atoms with van der Waals surface area (Å²) >= 11 is 0. The van der Waals surface area contributed by atoms with Crippen LogP contribution in [0.5, 0.6) is 0 Å². The van der Waals surface area contributed by atoms with Gasteiger partial charge in [-0.05, 0) is 31.0 Å². The predicted molar refractivity (Wildman–Crippen MR) is 79.3 cm³/mol. The topological polar surface area (TPSA) is 84.2 Å². The maximum absolute atomic E-state index is 13.5. The first-order valence-corrected chi connectivity index (χ1v) is 7.08. The van der Waals surface area contributed by atoms with Crippen LogP contribution in [0.2, 0.25) is 0 Å². The number of carbonyl (C=O) groups excluding carboxylic acids is 2. The molecule has 0 bridgehead atoms. The monoisotopic (exact) mass is 293 g/mol. The van der Waals surface area contributed by atoms with Crippen LogP contribution in [0.4, 0.5) is 15.8 Å². The van der Waals surface area contributed by atoms with Crippen molar-refractivity contribution in [2.45, 2.75) is 44.6 Å². The highest BCUT2D eigenvalue weighted by Gasteiger charge is 2.35. The van der Waals surface area contributed by atoms with Crippen molar-refractivity contribution in [3.63, 3.8) is 0 Å². The molecule has 1 aromatic rings. The van der Waals surface area contributed by atoms with Crippen LogP contribution in [0.15, 0.2) is 18.2 Å². The molecule has 114 valence electrons. The lowest BCUT2D eigenvalue weighted by Gasteiger charge is -2.31. The molecular weight excluding hydrogens is 273 g/mol. The molecule has 2 amide bonds. The number of benzene rings is 1. The summed E-state index contributed by atoms with van der Waals surface area (Å²) in [5.74, 6) is -1.19. The van der Waals surface area contributed by atoms with Gasteiger partial charge < -0.3 is 16.4 Å². The number of amides is 2. The van der Waals surface area contributed by atoms with Crippen LogP contribution in [0, 0.1) is 5.82 Å². The van der Waals surface area contributed by atoms with Crippen LogP contribution in [-0.2, 0) is 9.59 Å². The van der Waals surface area contributed by atoms with Crippen LogP contribution in [0.1, 0.15) is 39.0 Å². The molecule has 0 radical (unpaired) electrons. The molecule has 5 nitrogen and oxygen atoms in total. The number of anilines is 2. The van der Waals surface area contributed by atoms with Crippen LogP contribution in [-0.4, -0.2) is 17.4 Å². The Hall–Kier alpha value is -1.95. The smallest absolute Gasteiger partial charge is 0.244 e. The molecule has 0 atom stereocenters. The Balaban J connectivity index is 2.12. The molecule has 0 heterocycles. The molecule has 4 N–H and O–H groups in total. The van der Waals surface area contributed by atoms with E-state index in [1.807, 2.05) is 0 Å². The van der Waals surface area contributed by atoms with E-state index in [0.717, 1.165) is 19.3 Å². The Morgan fingerprint density at radius 3 is 2.48 bits per heavy atom. The fraction of sp³-hybridized carbons (Fsp3) is 0.467. The fourth-order valence-electron chi connectivity index (χ4n) is 2.55. The fourth-order valence-corrected chi connectivity index (χ4v) is 2.55. The number of carbonyl (C=O) groups is 2. The SMILES string of the molecule is CC(=O)Nc1cc(NC(=O)C2(N)CCCCC2)ccc1F. The van der Waals surface area contributed by atoms with Gasteiger partial charge in [0.05, 0.1) is 11.2 Å². The molecule has 21 heavy (non-hydrogen) atoms. The summed E-state index contributed by atoms with van der Waals surface area (Å²) in [4.78, 5) is 23.3. The largest absolute Gasteiger partial charge is 0.324 e. The molecule has 0 spiro atoms. The third kappa shape index (κ3) is 3.78. The molecule has 1 aromatic carbocycles. The summed E-state index contributed by atoms with van der Waals surface area (Å²) < 4.78 is 13.5. The number of rotatable bonds is 3. The Labute approximate surface area is 123 Å². The minimum Gasteiger partial charge on any atom is -0.324 e. The van der Waals surface area contributed by atoms with Gasteiger partial charge in [0.1, 0.15) is 5.82 Å². The highest BCUT2D eigenvalue weighted by Crippen LogP contribution is 2.28. The van der Waals surface area contributed by atoms with E-state index in [4.69, 9.17) is 5.73 Å². The van der Waals surface area contributed by atoms with E-state index in [-0.39, 0.29) is 17.5 Å². The summed E-state index contributed by atoms with van der Waals surface area (Å²) in [6.07, 6.45) is 4.27. The van der Waals surface area contributed by atoms with Crippen LogP contribution in [0.3, 0.4) is 0 Å². The van der Waals surface area contributed by atoms with E-state index >= 15 is 0 Å². The summed E-state index contributed by atoms with van der Waals surface area (Å²) in [7, 11) is 0. The van der Waals surface area contributed by atoms with E-state index in [1.165, 1.54) is 25.1 Å². The molecule has 0 aromatic heterocycles. The summed E-state index contributed by atoms with van der Waals surface area (Å²) in [5.41, 5.74) is 5.74. The zero-order valence-corrected chi connectivity index (χ0v) is 12.0. The van der Waals surface area contributed by atoms with E-state index in [1.54, 1.807) is 0 Å². The number of nitrogens with one attached hydrogen (secondary N) is 2. The van der Waals surface area contributed by atoms with Gasteiger partial charge in [-0.1, -0.05) is 19.3 Å². The van der Waals surface area contributed by atoms with Crippen molar-refractivity contribution in [3.8, 4) is 0 Å². The molecule has 2 rings (SSSR count). The van der Waals surface area contributed by atoms with Crippen molar-refractivity contribution in [3.05, 3.63) is 24.0 Å². The second-order valence-corrected chi connectivity index (χ2v) is 5.55. The van der Waals surface area contributed by atoms with Gasteiger partial charge in [-0.15, -0.1) is 0 Å². The standard InChI is InChI=1S/C15H20FN3O2/c1-10(20)18-13-9-11(5-6-12(13)16)19-14(21)15(17)7-3-2-4-8-15/h5-6,9H,2-4,7-8,17H2,1H3,(H,18,20)(H,19,21).